The predicted molar refractivity (Wildman–Crippen MR) is 135 cm³/mol. The Morgan fingerprint density at radius 2 is 1.72 bits per heavy atom. The Balaban J connectivity index is 1.59. The summed E-state index contributed by atoms with van der Waals surface area (Å²) in [6, 6.07) is 18.8. The third-order valence-corrected chi connectivity index (χ3v) is 7.44. The Hall–Kier alpha value is -3.31. The second kappa shape index (κ2) is 8.32. The molecule has 2 atom stereocenters. The molecule has 2 unspecified atom stereocenters. The highest BCUT2D eigenvalue weighted by Gasteiger charge is 2.52. The molecular weight excluding hydrogens is 414 g/mol. The Kier molecular flexibility index (Phi) is 5.35. The van der Waals surface area contributed by atoms with Crippen LogP contribution in [0.1, 0.15) is 16.4 Å². The fourth-order valence-electron chi connectivity index (χ4n) is 4.32. The monoisotopic (exact) mass is 441 g/mol. The normalized spacial score (nSPS) is 22.1. The van der Waals surface area contributed by atoms with E-state index in [1.165, 1.54) is 5.69 Å². The number of hydrogen-bond donors (Lipinski definition) is 1. The first kappa shape index (κ1) is 20.6. The maximum Gasteiger partial charge on any atom is 0.360 e. The fraction of sp³-hybridized carbons (Fsp3) is 0.185. The Morgan fingerprint density at radius 1 is 0.969 bits per heavy atom. The molecule has 0 fully saturated rings. The van der Waals surface area contributed by atoms with Gasteiger partial charge in [0, 0.05) is 31.9 Å². The van der Waals surface area contributed by atoms with Crippen molar-refractivity contribution in [1.82, 2.24) is 0 Å². The molecule has 160 valence electrons. The third-order valence-electron chi connectivity index (χ3n) is 6.10. The number of thioether (sulfide) groups is 1. The number of fused-ring (bicyclic) bond motifs is 3. The van der Waals surface area contributed by atoms with Gasteiger partial charge in [0.25, 0.3) is 17.5 Å². The van der Waals surface area contributed by atoms with E-state index in [2.05, 4.69) is 94.0 Å². The Labute approximate surface area is 193 Å². The van der Waals surface area contributed by atoms with Gasteiger partial charge in [-0.3, -0.25) is 0 Å². The highest BCUT2D eigenvalue weighted by Crippen LogP contribution is 2.45. The minimum Gasteiger partial charge on any atom is -0.462 e. The molecule has 32 heavy (non-hydrogen) atoms. The molecule has 3 aliphatic rings. The zero-order chi connectivity index (χ0) is 22.2. The lowest BCUT2D eigenvalue weighted by Gasteiger charge is -2.17. The molecule has 5 rings (SSSR count). The molecule has 0 aromatic heterocycles. The van der Waals surface area contributed by atoms with Crippen LogP contribution in [0, 0.1) is 0 Å². The van der Waals surface area contributed by atoms with Gasteiger partial charge in [-0.15, -0.1) is 4.58 Å². The molecule has 0 saturated carbocycles. The fourth-order valence-corrected chi connectivity index (χ4v) is 5.70. The molecule has 2 aromatic carbocycles. The molecule has 1 N–H and O–H groups in total. The minimum atomic E-state index is -0.110. The summed E-state index contributed by atoms with van der Waals surface area (Å²) < 4.78 is 4.33. The lowest BCUT2D eigenvalue weighted by Crippen LogP contribution is -2.42. The summed E-state index contributed by atoms with van der Waals surface area (Å²) in [5.74, 6) is 0.396. The van der Waals surface area contributed by atoms with Gasteiger partial charge in [0.15, 0.2) is 5.25 Å². The van der Waals surface area contributed by atoms with Crippen LogP contribution in [0.4, 0.5) is 5.69 Å². The van der Waals surface area contributed by atoms with Crippen LogP contribution in [0.5, 0.6) is 0 Å². The van der Waals surface area contributed by atoms with Crippen molar-refractivity contribution in [1.29, 1.82) is 0 Å². The summed E-state index contributed by atoms with van der Waals surface area (Å²) in [6.45, 7) is 0. The molecule has 2 aliphatic heterocycles. The Bertz CT molecular complexity index is 1230. The van der Waals surface area contributed by atoms with Crippen molar-refractivity contribution in [2.75, 3.05) is 26.0 Å². The zero-order valence-corrected chi connectivity index (χ0v) is 19.3. The number of likely N-dealkylation sites (N-methyl/N-ethyl adjacent to an activating group) is 1. The second-order valence-corrected chi connectivity index (χ2v) is 9.41. The summed E-state index contributed by atoms with van der Waals surface area (Å²) in [6.07, 6.45) is 12.7. The van der Waals surface area contributed by atoms with Gasteiger partial charge in [0.2, 0.25) is 0 Å². The molecule has 0 amide bonds. The van der Waals surface area contributed by atoms with Crippen molar-refractivity contribution >= 4 is 35.1 Å². The molecule has 5 heteroatoms. The van der Waals surface area contributed by atoms with Crippen molar-refractivity contribution in [3.8, 4) is 0 Å². The van der Waals surface area contributed by atoms with Gasteiger partial charge in [-0.2, -0.15) is 4.58 Å². The highest BCUT2D eigenvalue weighted by atomic mass is 32.2. The van der Waals surface area contributed by atoms with Gasteiger partial charge in [0.05, 0.1) is 0 Å². The molecule has 4 nitrogen and oxygen atoms in total. The van der Waals surface area contributed by atoms with Crippen molar-refractivity contribution < 1.29 is 14.3 Å². The second-order valence-electron chi connectivity index (χ2n) is 8.32. The van der Waals surface area contributed by atoms with Crippen LogP contribution in [0.15, 0.2) is 95.7 Å². The first-order valence-corrected chi connectivity index (χ1v) is 11.6. The summed E-state index contributed by atoms with van der Waals surface area (Å²) in [5.41, 5.74) is 5.67. The molecule has 0 spiro atoms. The average molecular weight is 442 g/mol. The predicted octanol–water partition coefficient (Wildman–Crippen LogP) is 4.98. The summed E-state index contributed by atoms with van der Waals surface area (Å²) >= 11 is 1.71. The number of benzene rings is 2. The van der Waals surface area contributed by atoms with E-state index in [4.69, 9.17) is 0 Å². The van der Waals surface area contributed by atoms with Gasteiger partial charge < -0.3 is 10.0 Å². The Morgan fingerprint density at radius 3 is 2.44 bits per heavy atom. The first-order chi connectivity index (χ1) is 15.5. The van der Waals surface area contributed by atoms with Gasteiger partial charge in [0.1, 0.15) is 7.05 Å². The van der Waals surface area contributed by atoms with E-state index < -0.39 is 0 Å². The molecule has 0 radical (unpaired) electrons. The van der Waals surface area contributed by atoms with Crippen LogP contribution in [-0.2, 0) is 0 Å². The highest BCUT2D eigenvalue weighted by molar-refractivity contribution is 8.04. The van der Waals surface area contributed by atoms with Gasteiger partial charge >= 0.3 is 10.9 Å². The SMILES string of the molecule is CN(C)c1ccc(/C=C/C2=C3SC(c4ccccc4)C(O)=[N+]3C3C=CC=CC3=[N+]2C)cc1. The van der Waals surface area contributed by atoms with Crippen LogP contribution in [0.3, 0.4) is 0 Å². The number of rotatable bonds is 4. The van der Waals surface area contributed by atoms with E-state index >= 15 is 0 Å². The van der Waals surface area contributed by atoms with E-state index in [0.717, 1.165) is 27.6 Å². The van der Waals surface area contributed by atoms with E-state index in [0.29, 0.717) is 5.90 Å². The molecule has 0 saturated heterocycles. The number of allylic oxidation sites excluding steroid dienone is 3. The van der Waals surface area contributed by atoms with Crippen molar-refractivity contribution in [2.45, 2.75) is 11.3 Å². The molecule has 2 heterocycles. The van der Waals surface area contributed by atoms with Gasteiger partial charge in [-0.25, -0.2) is 0 Å². The van der Waals surface area contributed by atoms with Crippen LogP contribution >= 0.6 is 11.8 Å². The standard InChI is InChI=1S/C27H26N3OS/c1-28(2)21-16-13-19(14-17-21)15-18-24-27-30(23-12-8-7-11-22(23)29(24)3)26(31)25(32-27)20-9-5-4-6-10-20/h4-18,23,25H,1-3H3/q+1/p+1/b18-15+. The van der Waals surface area contributed by atoms with Crippen molar-refractivity contribution in [3.05, 3.63) is 107 Å². The lowest BCUT2D eigenvalue weighted by molar-refractivity contribution is -0.540. The van der Waals surface area contributed by atoms with E-state index in [1.54, 1.807) is 11.8 Å². The summed E-state index contributed by atoms with van der Waals surface area (Å²) in [5, 5.41) is 12.3. The largest absolute Gasteiger partial charge is 0.462 e. The maximum atomic E-state index is 11.3. The summed E-state index contributed by atoms with van der Waals surface area (Å²) in [4.78, 5) is 2.10. The molecule has 2 aromatic rings. The van der Waals surface area contributed by atoms with E-state index in [9.17, 15) is 5.11 Å². The quantitative estimate of drug-likeness (QED) is 0.679. The molecule has 1 aliphatic carbocycles. The van der Waals surface area contributed by atoms with Crippen LogP contribution in [0.25, 0.3) is 6.08 Å². The van der Waals surface area contributed by atoms with Gasteiger partial charge in [-0.05, 0) is 47.2 Å². The average Bonchev–Trinajstić information content (AvgIpc) is 3.17. The number of nitrogens with zero attached hydrogens (tertiary/aromatic N) is 3. The summed E-state index contributed by atoms with van der Waals surface area (Å²) in [7, 11) is 6.21. The third kappa shape index (κ3) is 3.53. The maximum absolute atomic E-state index is 11.3. The van der Waals surface area contributed by atoms with Crippen LogP contribution in [0.2, 0.25) is 0 Å². The smallest absolute Gasteiger partial charge is 0.360 e. The number of aliphatic hydroxyl groups is 1. The van der Waals surface area contributed by atoms with Crippen molar-refractivity contribution in [2.24, 2.45) is 0 Å². The van der Waals surface area contributed by atoms with Crippen LogP contribution in [-0.4, -0.2) is 53.1 Å². The van der Waals surface area contributed by atoms with Gasteiger partial charge in [-0.1, -0.05) is 54.6 Å². The zero-order valence-electron chi connectivity index (χ0n) is 18.5. The molecule has 0 bridgehead atoms. The number of hydrogen-bond acceptors (Lipinski definition) is 2. The lowest BCUT2D eigenvalue weighted by atomic mass is 10.0. The van der Waals surface area contributed by atoms with Crippen LogP contribution < -0.4 is 4.90 Å². The number of anilines is 1. The topological polar surface area (TPSA) is 29.5 Å². The van der Waals surface area contributed by atoms with E-state index in [1.807, 2.05) is 32.3 Å². The molecular formula is C27H27N3OS+2. The van der Waals surface area contributed by atoms with E-state index in [-0.39, 0.29) is 11.3 Å². The first-order valence-electron chi connectivity index (χ1n) is 10.8. The van der Waals surface area contributed by atoms with Crippen molar-refractivity contribution in [3.63, 3.8) is 0 Å². The number of aliphatic hydroxyl groups excluding tert-OH is 1. The minimum absolute atomic E-state index is 0.00210.